The summed E-state index contributed by atoms with van der Waals surface area (Å²) < 4.78 is 5.52. The summed E-state index contributed by atoms with van der Waals surface area (Å²) in [4.78, 5) is 36.0. The number of aromatic amines is 2. The Hall–Kier alpha value is -3.43. The normalized spacial score (nSPS) is 10.7. The maximum absolute atomic E-state index is 11.7. The van der Waals surface area contributed by atoms with Crippen LogP contribution in [0.2, 0.25) is 0 Å². The van der Waals surface area contributed by atoms with Crippen LogP contribution in [0.1, 0.15) is 25.3 Å². The van der Waals surface area contributed by atoms with Gasteiger partial charge in [0.15, 0.2) is 0 Å². The van der Waals surface area contributed by atoms with E-state index in [1.54, 1.807) is 0 Å². The molecule has 1 aromatic carbocycles. The summed E-state index contributed by atoms with van der Waals surface area (Å²) in [5.41, 5.74) is 1.83. The molecule has 0 fully saturated rings. The maximum atomic E-state index is 11.7. The lowest BCUT2D eigenvalue weighted by atomic mass is 10.2. The van der Waals surface area contributed by atoms with Crippen molar-refractivity contribution < 1.29 is 9.53 Å². The van der Waals surface area contributed by atoms with Crippen molar-refractivity contribution in [2.24, 2.45) is 5.10 Å². The van der Waals surface area contributed by atoms with E-state index in [0.717, 1.165) is 17.7 Å². The van der Waals surface area contributed by atoms with Crippen LogP contribution < -0.4 is 26.7 Å². The van der Waals surface area contributed by atoms with Crippen LogP contribution in [0.25, 0.3) is 0 Å². The zero-order valence-electron chi connectivity index (χ0n) is 14.2. The second kappa shape index (κ2) is 9.77. The number of rotatable bonds is 9. The van der Waals surface area contributed by atoms with E-state index < -0.39 is 11.2 Å². The summed E-state index contributed by atoms with van der Waals surface area (Å²) in [5, 5.41) is 12.2. The molecule has 4 N–H and O–H groups in total. The third-order valence-corrected chi connectivity index (χ3v) is 3.09. The van der Waals surface area contributed by atoms with Crippen LogP contribution >= 0.6 is 0 Å². The van der Waals surface area contributed by atoms with Crippen LogP contribution in [-0.2, 0) is 4.79 Å². The number of ether oxygens (including phenoxy) is 1. The Labute approximate surface area is 148 Å². The molecule has 0 atom stereocenters. The smallest absolute Gasteiger partial charge is 0.342 e. The number of hydrogen-bond acceptors (Lipinski definition) is 7. The van der Waals surface area contributed by atoms with Crippen molar-refractivity contribution in [1.82, 2.24) is 20.6 Å². The largest absolute Gasteiger partial charge is 0.494 e. The van der Waals surface area contributed by atoms with Gasteiger partial charge in [0, 0.05) is 13.0 Å². The zero-order chi connectivity index (χ0) is 18.8. The number of anilines is 1. The third-order valence-electron chi connectivity index (χ3n) is 3.09. The van der Waals surface area contributed by atoms with Crippen molar-refractivity contribution in [3.63, 3.8) is 0 Å². The van der Waals surface area contributed by atoms with Gasteiger partial charge in [-0.2, -0.15) is 5.10 Å². The van der Waals surface area contributed by atoms with Gasteiger partial charge in [0.1, 0.15) is 5.75 Å². The molecule has 2 rings (SSSR count). The van der Waals surface area contributed by atoms with Crippen LogP contribution in [0.15, 0.2) is 39.0 Å². The molecule has 2 aromatic rings. The molecule has 26 heavy (non-hydrogen) atoms. The van der Waals surface area contributed by atoms with Gasteiger partial charge in [0.25, 0.3) is 5.56 Å². The fourth-order valence-corrected chi connectivity index (χ4v) is 1.90. The molecule has 0 aliphatic heterocycles. The average molecular weight is 360 g/mol. The lowest BCUT2D eigenvalue weighted by molar-refractivity contribution is -0.120. The maximum Gasteiger partial charge on any atom is 0.342 e. The highest BCUT2D eigenvalue weighted by atomic mass is 16.5. The quantitative estimate of drug-likeness (QED) is 0.372. The van der Waals surface area contributed by atoms with Crippen molar-refractivity contribution >= 4 is 17.9 Å². The summed E-state index contributed by atoms with van der Waals surface area (Å²) in [5.74, 6) is 0.336. The van der Waals surface area contributed by atoms with Crippen molar-refractivity contribution in [2.75, 3.05) is 18.5 Å². The summed E-state index contributed by atoms with van der Waals surface area (Å²) in [6, 6.07) is 7.35. The minimum Gasteiger partial charge on any atom is -0.494 e. The Morgan fingerprint density at radius 1 is 1.38 bits per heavy atom. The summed E-state index contributed by atoms with van der Waals surface area (Å²) >= 11 is 0. The Morgan fingerprint density at radius 3 is 3.00 bits per heavy atom. The number of amides is 1. The van der Waals surface area contributed by atoms with E-state index in [1.807, 2.05) is 36.2 Å². The molecule has 138 valence electrons. The van der Waals surface area contributed by atoms with E-state index in [9.17, 15) is 14.4 Å². The van der Waals surface area contributed by atoms with E-state index in [4.69, 9.17) is 4.74 Å². The first kappa shape index (κ1) is 18.9. The fraction of sp³-hybridized carbons (Fsp3) is 0.312. The highest BCUT2D eigenvalue weighted by molar-refractivity contribution is 5.82. The number of aromatic nitrogens is 3. The van der Waals surface area contributed by atoms with Gasteiger partial charge in [-0.3, -0.25) is 14.6 Å². The molecule has 0 unspecified atom stereocenters. The van der Waals surface area contributed by atoms with Gasteiger partial charge in [-0.1, -0.05) is 19.1 Å². The Morgan fingerprint density at radius 2 is 2.23 bits per heavy atom. The molecule has 1 amide bonds. The first-order valence-corrected chi connectivity index (χ1v) is 8.06. The van der Waals surface area contributed by atoms with Crippen LogP contribution in [0.4, 0.5) is 5.82 Å². The van der Waals surface area contributed by atoms with E-state index in [-0.39, 0.29) is 24.7 Å². The molecule has 10 heteroatoms. The number of carbonyl (C=O) groups is 1. The molecule has 10 nitrogen and oxygen atoms in total. The van der Waals surface area contributed by atoms with E-state index >= 15 is 0 Å². The van der Waals surface area contributed by atoms with Crippen molar-refractivity contribution in [2.45, 2.75) is 19.8 Å². The molecule has 0 aliphatic rings. The van der Waals surface area contributed by atoms with Gasteiger partial charge >= 0.3 is 5.69 Å². The summed E-state index contributed by atoms with van der Waals surface area (Å²) in [7, 11) is 0. The minimum absolute atomic E-state index is 0.0650. The Bertz CT molecular complexity index is 873. The second-order valence-electron chi connectivity index (χ2n) is 5.25. The Balaban J connectivity index is 1.76. The number of nitrogens with zero attached hydrogens (tertiary/aromatic N) is 2. The first-order valence-electron chi connectivity index (χ1n) is 8.06. The fourth-order valence-electron chi connectivity index (χ4n) is 1.90. The predicted octanol–water partition coefficient (Wildman–Crippen LogP) is 0.199. The standard InChI is InChI=1S/C16H20N6O4/c1-2-8-26-12-5-3-4-11(9-12)10-18-20-13(23)6-7-17-14-15(24)19-16(25)22-21-14/h3-5,9-10H,2,6-8H2,1H3,(H,17,21)(H,20,23)(H2,19,22,24,25)/b18-10+. The van der Waals surface area contributed by atoms with Crippen LogP contribution in [0.5, 0.6) is 5.75 Å². The van der Waals surface area contributed by atoms with Crippen molar-refractivity contribution in [1.29, 1.82) is 0 Å². The van der Waals surface area contributed by atoms with Gasteiger partial charge in [-0.25, -0.2) is 15.3 Å². The Kier molecular flexibility index (Phi) is 7.10. The second-order valence-corrected chi connectivity index (χ2v) is 5.25. The molecule has 1 heterocycles. The molecule has 0 spiro atoms. The van der Waals surface area contributed by atoms with Gasteiger partial charge in [0.05, 0.1) is 12.8 Å². The third kappa shape index (κ3) is 6.23. The van der Waals surface area contributed by atoms with Gasteiger partial charge in [0.2, 0.25) is 11.7 Å². The summed E-state index contributed by atoms with van der Waals surface area (Å²) in [6.07, 6.45) is 2.50. The van der Waals surface area contributed by atoms with Gasteiger partial charge < -0.3 is 10.1 Å². The molecule has 0 aliphatic carbocycles. The average Bonchev–Trinajstić information content (AvgIpc) is 2.62. The number of H-pyrrole nitrogens is 2. The topological polar surface area (TPSA) is 141 Å². The molecule has 0 saturated heterocycles. The monoisotopic (exact) mass is 360 g/mol. The number of carbonyl (C=O) groups excluding carboxylic acids is 1. The SMILES string of the molecule is CCCOc1cccc(/C=N/NC(=O)CCNc2n[nH]c(=O)[nH]c2=O)c1. The van der Waals surface area contributed by atoms with Crippen molar-refractivity contribution in [3.05, 3.63) is 50.7 Å². The first-order chi connectivity index (χ1) is 12.6. The zero-order valence-corrected chi connectivity index (χ0v) is 14.2. The summed E-state index contributed by atoms with van der Waals surface area (Å²) in [6.45, 7) is 2.82. The predicted molar refractivity (Wildman–Crippen MR) is 96.5 cm³/mol. The number of hydrogen-bond donors (Lipinski definition) is 4. The van der Waals surface area contributed by atoms with Gasteiger partial charge in [-0.15, -0.1) is 5.10 Å². The lowest BCUT2D eigenvalue weighted by Gasteiger charge is -2.05. The van der Waals surface area contributed by atoms with Crippen LogP contribution in [0, 0.1) is 0 Å². The van der Waals surface area contributed by atoms with Gasteiger partial charge in [-0.05, 0) is 24.1 Å². The van der Waals surface area contributed by atoms with Crippen LogP contribution in [-0.4, -0.2) is 40.5 Å². The van der Waals surface area contributed by atoms with Crippen molar-refractivity contribution in [3.8, 4) is 5.75 Å². The number of nitrogens with one attached hydrogen (secondary N) is 4. The minimum atomic E-state index is -0.697. The number of hydrazone groups is 1. The van der Waals surface area contributed by atoms with E-state index in [0.29, 0.717) is 6.61 Å². The molecular formula is C16H20N6O4. The molecule has 0 saturated carbocycles. The van der Waals surface area contributed by atoms with E-state index in [2.05, 4.69) is 26.0 Å². The lowest BCUT2D eigenvalue weighted by Crippen LogP contribution is -2.28. The highest BCUT2D eigenvalue weighted by Gasteiger charge is 2.03. The van der Waals surface area contributed by atoms with Crippen LogP contribution in [0.3, 0.4) is 0 Å². The molecule has 1 aromatic heterocycles. The molecule has 0 radical (unpaired) electrons. The van der Waals surface area contributed by atoms with E-state index in [1.165, 1.54) is 6.21 Å². The molecular weight excluding hydrogens is 340 g/mol. The number of benzene rings is 1. The molecule has 0 bridgehead atoms. The highest BCUT2D eigenvalue weighted by Crippen LogP contribution is 2.12.